The molecule has 1 aromatic carbocycles. The van der Waals surface area contributed by atoms with E-state index < -0.39 is 0 Å². The zero-order valence-electron chi connectivity index (χ0n) is 14.2. The third-order valence-corrected chi connectivity index (χ3v) is 4.42. The molecule has 1 fully saturated rings. The van der Waals surface area contributed by atoms with Gasteiger partial charge in [-0.2, -0.15) is 5.26 Å². The van der Waals surface area contributed by atoms with Crippen LogP contribution in [0.3, 0.4) is 0 Å². The Balaban J connectivity index is 0.00000264. The summed E-state index contributed by atoms with van der Waals surface area (Å²) in [6, 6.07) is 10.3. The van der Waals surface area contributed by atoms with E-state index in [0.29, 0.717) is 23.6 Å². The van der Waals surface area contributed by atoms with Crippen LogP contribution in [0.2, 0.25) is 0 Å². The third-order valence-electron chi connectivity index (χ3n) is 4.42. The van der Waals surface area contributed by atoms with Gasteiger partial charge in [-0.15, -0.1) is 24.0 Å². The first-order valence-electron chi connectivity index (χ1n) is 7.99. The molecule has 0 spiro atoms. The van der Waals surface area contributed by atoms with Crippen LogP contribution < -0.4 is 10.6 Å². The molecule has 1 saturated carbocycles. The van der Waals surface area contributed by atoms with Crippen LogP contribution in [-0.4, -0.2) is 19.0 Å². The van der Waals surface area contributed by atoms with Crippen molar-refractivity contribution < 1.29 is 0 Å². The lowest BCUT2D eigenvalue weighted by molar-refractivity contribution is 0.216. The van der Waals surface area contributed by atoms with Gasteiger partial charge >= 0.3 is 0 Å². The monoisotopic (exact) mass is 426 g/mol. The van der Waals surface area contributed by atoms with Gasteiger partial charge in [0.2, 0.25) is 0 Å². The molecule has 23 heavy (non-hydrogen) atoms. The van der Waals surface area contributed by atoms with Crippen LogP contribution in [0.25, 0.3) is 0 Å². The summed E-state index contributed by atoms with van der Waals surface area (Å²) in [6.45, 7) is 5.37. The Morgan fingerprint density at radius 2 is 2.04 bits per heavy atom. The molecule has 1 aliphatic carbocycles. The molecule has 2 rings (SSSR count). The minimum absolute atomic E-state index is 0. The first kappa shape index (κ1) is 19.8. The molecule has 0 amide bonds. The summed E-state index contributed by atoms with van der Waals surface area (Å²) in [5, 5.41) is 15.8. The first-order valence-corrected chi connectivity index (χ1v) is 7.99. The molecule has 0 aromatic heterocycles. The van der Waals surface area contributed by atoms with Crippen molar-refractivity contribution in [3.05, 3.63) is 35.4 Å². The fraction of sp³-hybridized carbons (Fsp3) is 0.556. The van der Waals surface area contributed by atoms with Crippen LogP contribution in [0, 0.1) is 16.7 Å². The van der Waals surface area contributed by atoms with Crippen LogP contribution in [0.4, 0.5) is 0 Å². The molecular weight excluding hydrogens is 399 g/mol. The van der Waals surface area contributed by atoms with Gasteiger partial charge in [-0.3, -0.25) is 4.99 Å². The van der Waals surface area contributed by atoms with E-state index in [4.69, 9.17) is 5.26 Å². The van der Waals surface area contributed by atoms with Crippen molar-refractivity contribution in [3.8, 4) is 6.07 Å². The van der Waals surface area contributed by atoms with Crippen molar-refractivity contribution in [1.29, 1.82) is 5.26 Å². The predicted octanol–water partition coefficient (Wildman–Crippen LogP) is 3.81. The Labute approximate surface area is 156 Å². The number of halogens is 1. The number of hydrogen-bond donors (Lipinski definition) is 2. The molecule has 0 radical (unpaired) electrons. The Morgan fingerprint density at radius 3 is 2.65 bits per heavy atom. The van der Waals surface area contributed by atoms with Crippen molar-refractivity contribution in [2.24, 2.45) is 10.4 Å². The van der Waals surface area contributed by atoms with Gasteiger partial charge in [0.25, 0.3) is 0 Å². The van der Waals surface area contributed by atoms with Crippen molar-refractivity contribution in [2.75, 3.05) is 7.05 Å². The highest BCUT2D eigenvalue weighted by Crippen LogP contribution is 2.34. The number of rotatable bonds is 3. The SMILES string of the molecule is CN=C(NCc1cccc(C#N)c1)NC1CCC(C)(C)CC1.I. The number of benzene rings is 1. The number of nitriles is 1. The number of guanidine groups is 1. The van der Waals surface area contributed by atoms with Crippen LogP contribution in [0.15, 0.2) is 29.3 Å². The summed E-state index contributed by atoms with van der Waals surface area (Å²) in [4.78, 5) is 4.31. The van der Waals surface area contributed by atoms with E-state index in [1.165, 1.54) is 25.7 Å². The fourth-order valence-corrected chi connectivity index (χ4v) is 2.87. The lowest BCUT2D eigenvalue weighted by Crippen LogP contribution is -2.45. The molecular formula is C18H27IN4. The number of nitrogens with one attached hydrogen (secondary N) is 2. The second-order valence-electron chi connectivity index (χ2n) is 6.82. The molecule has 0 bridgehead atoms. The second kappa shape index (κ2) is 9.11. The summed E-state index contributed by atoms with van der Waals surface area (Å²) >= 11 is 0. The Hall–Kier alpha value is -1.29. The topological polar surface area (TPSA) is 60.2 Å². The van der Waals surface area contributed by atoms with E-state index in [1.54, 1.807) is 7.05 Å². The first-order chi connectivity index (χ1) is 10.5. The minimum atomic E-state index is 0. The summed E-state index contributed by atoms with van der Waals surface area (Å²) in [5.74, 6) is 0.840. The maximum atomic E-state index is 8.94. The van der Waals surface area contributed by atoms with Crippen LogP contribution in [0.1, 0.15) is 50.7 Å². The zero-order chi connectivity index (χ0) is 16.0. The quantitative estimate of drug-likeness (QED) is 0.439. The maximum Gasteiger partial charge on any atom is 0.191 e. The van der Waals surface area contributed by atoms with E-state index in [1.807, 2.05) is 24.3 Å². The molecule has 0 saturated heterocycles. The molecule has 4 nitrogen and oxygen atoms in total. The van der Waals surface area contributed by atoms with Crippen molar-refractivity contribution >= 4 is 29.9 Å². The lowest BCUT2D eigenvalue weighted by Gasteiger charge is -2.35. The Bertz CT molecular complexity index is 565. The van der Waals surface area contributed by atoms with Gasteiger partial charge in [0.05, 0.1) is 11.6 Å². The summed E-state index contributed by atoms with van der Waals surface area (Å²) < 4.78 is 0. The molecule has 126 valence electrons. The van der Waals surface area contributed by atoms with Gasteiger partial charge in [0, 0.05) is 19.6 Å². The molecule has 0 heterocycles. The van der Waals surface area contributed by atoms with Crippen molar-refractivity contribution in [3.63, 3.8) is 0 Å². The Kier molecular flexibility index (Phi) is 7.83. The molecule has 0 atom stereocenters. The number of aliphatic imine (C=N–C) groups is 1. The third kappa shape index (κ3) is 6.38. The molecule has 1 aromatic rings. The number of nitrogens with zero attached hydrogens (tertiary/aromatic N) is 2. The largest absolute Gasteiger partial charge is 0.354 e. The van der Waals surface area contributed by atoms with Crippen LogP contribution in [0.5, 0.6) is 0 Å². The zero-order valence-corrected chi connectivity index (χ0v) is 16.6. The van der Waals surface area contributed by atoms with E-state index in [2.05, 4.69) is 35.5 Å². The summed E-state index contributed by atoms with van der Waals surface area (Å²) in [5.41, 5.74) is 2.26. The summed E-state index contributed by atoms with van der Waals surface area (Å²) in [7, 11) is 1.80. The molecule has 2 N–H and O–H groups in total. The van der Waals surface area contributed by atoms with E-state index in [9.17, 15) is 0 Å². The molecule has 0 aliphatic heterocycles. The van der Waals surface area contributed by atoms with Gasteiger partial charge in [0.1, 0.15) is 0 Å². The normalized spacial score (nSPS) is 17.7. The number of hydrogen-bond acceptors (Lipinski definition) is 2. The van der Waals surface area contributed by atoms with Crippen LogP contribution >= 0.6 is 24.0 Å². The lowest BCUT2D eigenvalue weighted by atomic mass is 9.75. The molecule has 0 unspecified atom stereocenters. The summed E-state index contributed by atoms with van der Waals surface area (Å²) in [6.07, 6.45) is 4.90. The van der Waals surface area contributed by atoms with E-state index in [0.717, 1.165) is 11.5 Å². The van der Waals surface area contributed by atoms with Gasteiger partial charge in [0.15, 0.2) is 5.96 Å². The van der Waals surface area contributed by atoms with Gasteiger partial charge in [-0.25, -0.2) is 0 Å². The minimum Gasteiger partial charge on any atom is -0.354 e. The smallest absolute Gasteiger partial charge is 0.191 e. The van der Waals surface area contributed by atoms with Gasteiger partial charge in [-0.1, -0.05) is 26.0 Å². The average Bonchev–Trinajstić information content (AvgIpc) is 2.53. The van der Waals surface area contributed by atoms with Crippen molar-refractivity contribution in [1.82, 2.24) is 10.6 Å². The standard InChI is InChI=1S/C18H26N4.HI/c1-18(2)9-7-16(8-10-18)22-17(20-3)21-13-15-6-4-5-14(11-15)12-19;/h4-6,11,16H,7-10,13H2,1-3H3,(H2,20,21,22);1H. The van der Waals surface area contributed by atoms with Gasteiger partial charge < -0.3 is 10.6 Å². The average molecular weight is 426 g/mol. The highest BCUT2D eigenvalue weighted by atomic mass is 127. The maximum absolute atomic E-state index is 8.94. The molecule has 5 heteroatoms. The van der Waals surface area contributed by atoms with Gasteiger partial charge in [-0.05, 0) is 48.8 Å². The predicted molar refractivity (Wildman–Crippen MR) is 106 cm³/mol. The van der Waals surface area contributed by atoms with E-state index >= 15 is 0 Å². The highest BCUT2D eigenvalue weighted by Gasteiger charge is 2.27. The highest BCUT2D eigenvalue weighted by molar-refractivity contribution is 14.0. The van der Waals surface area contributed by atoms with Crippen LogP contribution in [-0.2, 0) is 6.54 Å². The molecule has 1 aliphatic rings. The van der Waals surface area contributed by atoms with Crippen molar-refractivity contribution in [2.45, 2.75) is 52.1 Å². The fourth-order valence-electron chi connectivity index (χ4n) is 2.87. The van der Waals surface area contributed by atoms with E-state index in [-0.39, 0.29) is 24.0 Å². The second-order valence-corrected chi connectivity index (χ2v) is 6.82. The Morgan fingerprint density at radius 1 is 1.35 bits per heavy atom.